The predicted octanol–water partition coefficient (Wildman–Crippen LogP) is 3.02. The van der Waals surface area contributed by atoms with Crippen LogP contribution >= 0.6 is 11.6 Å². The minimum absolute atomic E-state index is 0.0215. The normalized spacial score (nSPS) is 26.6. The monoisotopic (exact) mass is 395 g/mol. The Morgan fingerprint density at radius 1 is 1.15 bits per heavy atom. The standard InChI is InChI=1S/C18H27BClN3O4/c1-17(2)18(3,4)27-19(26-17)11-9-14(20)23-15(10-11)21-12-5-7-13(8-6-12)22-16(24)25/h9-10,12-13,22H,5-8H2,1-4H3,(H,21,23)(H,24,25). The molecule has 0 bridgehead atoms. The predicted molar refractivity (Wildman–Crippen MR) is 106 cm³/mol. The Morgan fingerprint density at radius 3 is 2.26 bits per heavy atom. The molecule has 7 nitrogen and oxygen atoms in total. The Morgan fingerprint density at radius 2 is 1.70 bits per heavy atom. The van der Waals surface area contributed by atoms with Gasteiger partial charge in [0.25, 0.3) is 0 Å². The Kier molecular flexibility index (Phi) is 5.61. The molecule has 0 radical (unpaired) electrons. The van der Waals surface area contributed by atoms with Gasteiger partial charge in [0, 0.05) is 12.1 Å². The van der Waals surface area contributed by atoms with Crippen molar-refractivity contribution in [2.24, 2.45) is 0 Å². The maximum atomic E-state index is 10.8. The molecule has 1 saturated heterocycles. The van der Waals surface area contributed by atoms with Gasteiger partial charge in [-0.1, -0.05) is 11.6 Å². The van der Waals surface area contributed by atoms with Gasteiger partial charge in [-0.05, 0) is 71.0 Å². The van der Waals surface area contributed by atoms with Crippen LogP contribution in [0, 0.1) is 0 Å². The van der Waals surface area contributed by atoms with Crippen LogP contribution in [0.4, 0.5) is 10.6 Å². The molecule has 1 aromatic rings. The summed E-state index contributed by atoms with van der Waals surface area (Å²) in [6.45, 7) is 8.05. The zero-order chi connectivity index (χ0) is 19.8. The molecule has 1 amide bonds. The number of nitrogens with one attached hydrogen (secondary N) is 2. The molecule has 0 atom stereocenters. The van der Waals surface area contributed by atoms with E-state index in [0.29, 0.717) is 11.0 Å². The first-order chi connectivity index (χ1) is 12.6. The van der Waals surface area contributed by atoms with Gasteiger partial charge < -0.3 is 25.0 Å². The van der Waals surface area contributed by atoms with Crippen LogP contribution in [0.3, 0.4) is 0 Å². The lowest BCUT2D eigenvalue weighted by molar-refractivity contribution is 0.00578. The Balaban J connectivity index is 1.66. The molecule has 9 heteroatoms. The van der Waals surface area contributed by atoms with E-state index >= 15 is 0 Å². The third kappa shape index (κ3) is 4.67. The highest BCUT2D eigenvalue weighted by Crippen LogP contribution is 2.36. The van der Waals surface area contributed by atoms with Crippen LogP contribution in [0.5, 0.6) is 0 Å². The molecule has 2 heterocycles. The first kappa shape index (κ1) is 20.2. The van der Waals surface area contributed by atoms with Gasteiger partial charge in [0.2, 0.25) is 0 Å². The lowest BCUT2D eigenvalue weighted by atomic mass is 9.79. The van der Waals surface area contributed by atoms with E-state index in [2.05, 4.69) is 15.6 Å². The number of carbonyl (C=O) groups is 1. The van der Waals surface area contributed by atoms with Crippen molar-refractivity contribution in [2.75, 3.05) is 5.32 Å². The number of anilines is 1. The summed E-state index contributed by atoms with van der Waals surface area (Å²) < 4.78 is 12.2. The van der Waals surface area contributed by atoms with Crippen molar-refractivity contribution in [2.45, 2.75) is 76.7 Å². The maximum Gasteiger partial charge on any atom is 0.495 e. The smallest absolute Gasteiger partial charge is 0.465 e. The summed E-state index contributed by atoms with van der Waals surface area (Å²) in [6.07, 6.45) is 2.37. The third-order valence-corrected chi connectivity index (χ3v) is 5.94. The van der Waals surface area contributed by atoms with Gasteiger partial charge in [-0.15, -0.1) is 0 Å². The van der Waals surface area contributed by atoms with Crippen molar-refractivity contribution in [3.05, 3.63) is 17.3 Å². The van der Waals surface area contributed by atoms with Crippen LogP contribution in [-0.2, 0) is 9.31 Å². The molecule has 3 N–H and O–H groups in total. The largest absolute Gasteiger partial charge is 0.495 e. The van der Waals surface area contributed by atoms with Crippen LogP contribution < -0.4 is 16.1 Å². The lowest BCUT2D eigenvalue weighted by Gasteiger charge is -2.32. The van der Waals surface area contributed by atoms with E-state index in [4.69, 9.17) is 26.0 Å². The number of carboxylic acid groups (broad SMARTS) is 1. The van der Waals surface area contributed by atoms with Crippen molar-refractivity contribution in [1.82, 2.24) is 10.3 Å². The van der Waals surface area contributed by atoms with Gasteiger partial charge in [-0.2, -0.15) is 0 Å². The van der Waals surface area contributed by atoms with Crippen molar-refractivity contribution < 1.29 is 19.2 Å². The molecule has 1 saturated carbocycles. The summed E-state index contributed by atoms with van der Waals surface area (Å²) in [7, 11) is -0.494. The van der Waals surface area contributed by atoms with Gasteiger partial charge in [0.15, 0.2) is 0 Å². The number of halogens is 1. The fourth-order valence-electron chi connectivity index (χ4n) is 3.47. The molecule has 0 spiro atoms. The number of amides is 1. The number of nitrogens with zero attached hydrogens (tertiary/aromatic N) is 1. The maximum absolute atomic E-state index is 10.8. The molecule has 1 aromatic heterocycles. The van der Waals surface area contributed by atoms with Crippen molar-refractivity contribution >= 4 is 36.1 Å². The molecule has 1 aliphatic carbocycles. The van der Waals surface area contributed by atoms with Gasteiger partial charge in [0.1, 0.15) is 11.0 Å². The summed E-state index contributed by atoms with van der Waals surface area (Å²) in [5.41, 5.74) is -0.00932. The molecule has 1 aliphatic heterocycles. The number of aromatic nitrogens is 1. The zero-order valence-corrected chi connectivity index (χ0v) is 17.0. The first-order valence-corrected chi connectivity index (χ1v) is 9.73. The molecule has 0 unspecified atom stereocenters. The highest BCUT2D eigenvalue weighted by molar-refractivity contribution is 6.62. The topological polar surface area (TPSA) is 92.7 Å². The summed E-state index contributed by atoms with van der Waals surface area (Å²) in [5, 5.41) is 15.2. The molecule has 2 aliphatic rings. The molecule has 148 valence electrons. The molecule has 0 aromatic carbocycles. The van der Waals surface area contributed by atoms with Crippen molar-refractivity contribution in [3.8, 4) is 0 Å². The molecule has 3 rings (SSSR count). The van der Waals surface area contributed by atoms with Crippen LogP contribution in [-0.4, -0.2) is 46.6 Å². The van der Waals surface area contributed by atoms with Gasteiger partial charge in [-0.25, -0.2) is 9.78 Å². The van der Waals surface area contributed by atoms with Crippen LogP contribution in [0.15, 0.2) is 12.1 Å². The highest BCUT2D eigenvalue weighted by atomic mass is 35.5. The Labute approximate surface area is 165 Å². The Bertz CT molecular complexity index is 692. The molecular formula is C18H27BClN3O4. The van der Waals surface area contributed by atoms with E-state index in [-0.39, 0.29) is 12.1 Å². The van der Waals surface area contributed by atoms with E-state index in [0.717, 1.165) is 31.1 Å². The number of hydrogen-bond donors (Lipinski definition) is 3. The Hall–Kier alpha value is -1.51. The van der Waals surface area contributed by atoms with E-state index in [1.807, 2.05) is 33.8 Å². The van der Waals surface area contributed by atoms with E-state index in [1.54, 1.807) is 6.07 Å². The molecule has 27 heavy (non-hydrogen) atoms. The average molecular weight is 396 g/mol. The number of pyridine rings is 1. The minimum atomic E-state index is -0.963. The average Bonchev–Trinajstić information content (AvgIpc) is 2.76. The molecule has 2 fully saturated rings. The van der Waals surface area contributed by atoms with Gasteiger partial charge in [-0.3, -0.25) is 0 Å². The van der Waals surface area contributed by atoms with Crippen LogP contribution in [0.2, 0.25) is 5.15 Å². The van der Waals surface area contributed by atoms with Crippen LogP contribution in [0.25, 0.3) is 0 Å². The second kappa shape index (κ2) is 7.49. The van der Waals surface area contributed by atoms with Crippen molar-refractivity contribution in [3.63, 3.8) is 0 Å². The van der Waals surface area contributed by atoms with Gasteiger partial charge >= 0.3 is 13.2 Å². The lowest BCUT2D eigenvalue weighted by Crippen LogP contribution is -2.41. The SMILES string of the molecule is CC1(C)OB(c2cc(Cl)nc(NC3CCC(NC(=O)O)CC3)c2)OC1(C)C. The third-order valence-electron chi connectivity index (χ3n) is 5.75. The zero-order valence-electron chi connectivity index (χ0n) is 16.2. The van der Waals surface area contributed by atoms with E-state index < -0.39 is 24.4 Å². The second-order valence-corrected chi connectivity index (χ2v) is 8.73. The van der Waals surface area contributed by atoms with E-state index in [1.165, 1.54) is 0 Å². The first-order valence-electron chi connectivity index (χ1n) is 9.35. The summed E-state index contributed by atoms with van der Waals surface area (Å²) in [4.78, 5) is 15.1. The second-order valence-electron chi connectivity index (χ2n) is 8.34. The summed E-state index contributed by atoms with van der Waals surface area (Å²) in [6, 6.07) is 3.93. The van der Waals surface area contributed by atoms with E-state index in [9.17, 15) is 4.79 Å². The summed E-state index contributed by atoms with van der Waals surface area (Å²) >= 11 is 6.23. The highest BCUT2D eigenvalue weighted by Gasteiger charge is 2.51. The summed E-state index contributed by atoms with van der Waals surface area (Å²) in [5.74, 6) is 0.682. The van der Waals surface area contributed by atoms with Crippen LogP contribution in [0.1, 0.15) is 53.4 Å². The fraction of sp³-hybridized carbons (Fsp3) is 0.667. The van der Waals surface area contributed by atoms with Crippen molar-refractivity contribution in [1.29, 1.82) is 0 Å². The fourth-order valence-corrected chi connectivity index (χ4v) is 3.69. The molecular weight excluding hydrogens is 368 g/mol. The number of rotatable bonds is 4. The minimum Gasteiger partial charge on any atom is -0.465 e. The van der Waals surface area contributed by atoms with Gasteiger partial charge in [0.05, 0.1) is 11.2 Å². The quantitative estimate of drug-likeness (QED) is 0.536. The number of hydrogen-bond acceptors (Lipinski definition) is 5.